The molecule has 2 aliphatic rings. The molecule has 1 saturated carbocycles. The average Bonchev–Trinajstić information content (AvgIpc) is 2.88. The van der Waals surface area contributed by atoms with Crippen molar-refractivity contribution in [1.29, 1.82) is 0 Å². The van der Waals surface area contributed by atoms with E-state index in [4.69, 9.17) is 0 Å². The Morgan fingerprint density at radius 3 is 2.47 bits per heavy atom. The van der Waals surface area contributed by atoms with Gasteiger partial charge >= 0.3 is 0 Å². The zero-order valence-corrected chi connectivity index (χ0v) is 11.2. The second kappa shape index (κ2) is 5.68. The summed E-state index contributed by atoms with van der Waals surface area (Å²) in [5.74, 6) is 1.95. The highest BCUT2D eigenvalue weighted by molar-refractivity contribution is 5.24. The Bertz CT molecular complexity index is 314. The van der Waals surface area contributed by atoms with Crippen LogP contribution < -0.4 is 0 Å². The third kappa shape index (κ3) is 2.90. The van der Waals surface area contributed by atoms with Gasteiger partial charge in [0, 0.05) is 19.1 Å². The number of allylic oxidation sites excluding steroid dienone is 3. The van der Waals surface area contributed by atoms with Crippen molar-refractivity contribution in [1.82, 2.24) is 4.90 Å². The molecule has 0 aromatic rings. The van der Waals surface area contributed by atoms with Crippen molar-refractivity contribution < 1.29 is 0 Å². The highest BCUT2D eigenvalue weighted by Crippen LogP contribution is 2.38. The predicted octanol–water partition coefficient (Wildman–Crippen LogP) is 3.80. The van der Waals surface area contributed by atoms with E-state index in [1.807, 2.05) is 6.92 Å². The van der Waals surface area contributed by atoms with Crippen LogP contribution in [-0.2, 0) is 0 Å². The monoisotopic (exact) mass is 231 g/mol. The first kappa shape index (κ1) is 12.6. The van der Waals surface area contributed by atoms with Crippen LogP contribution in [0.3, 0.4) is 0 Å². The average molecular weight is 231 g/mol. The molecular weight excluding hydrogens is 206 g/mol. The van der Waals surface area contributed by atoms with Gasteiger partial charge in [-0.05, 0) is 44.1 Å². The van der Waals surface area contributed by atoms with Gasteiger partial charge in [-0.2, -0.15) is 0 Å². The van der Waals surface area contributed by atoms with Gasteiger partial charge in [-0.3, -0.25) is 4.90 Å². The maximum Gasteiger partial charge on any atom is 0.0314 e. The Kier molecular flexibility index (Phi) is 4.22. The molecule has 2 fully saturated rings. The predicted molar refractivity (Wildman–Crippen MR) is 75.0 cm³/mol. The quantitative estimate of drug-likeness (QED) is 0.665. The molecule has 1 aliphatic carbocycles. The lowest BCUT2D eigenvalue weighted by Crippen LogP contribution is -2.32. The maximum atomic E-state index is 4.20. The third-order valence-corrected chi connectivity index (χ3v) is 4.45. The van der Waals surface area contributed by atoms with E-state index < -0.39 is 0 Å². The van der Waals surface area contributed by atoms with Crippen molar-refractivity contribution >= 4 is 0 Å². The van der Waals surface area contributed by atoms with E-state index in [-0.39, 0.29) is 0 Å². The number of rotatable bonds is 4. The minimum absolute atomic E-state index is 0.502. The van der Waals surface area contributed by atoms with Crippen LogP contribution in [0.5, 0.6) is 0 Å². The lowest BCUT2D eigenvalue weighted by Gasteiger charge is -2.25. The smallest absolute Gasteiger partial charge is 0.0314 e. The summed E-state index contributed by atoms with van der Waals surface area (Å²) in [5.41, 5.74) is 1.24. The Morgan fingerprint density at radius 2 is 1.88 bits per heavy atom. The zero-order chi connectivity index (χ0) is 12.3. The summed E-state index contributed by atoms with van der Waals surface area (Å²) in [6.07, 6.45) is 12.7. The first-order valence-electron chi connectivity index (χ1n) is 6.94. The largest absolute Gasteiger partial charge is 0.296 e. The van der Waals surface area contributed by atoms with E-state index in [9.17, 15) is 0 Å². The topological polar surface area (TPSA) is 3.24 Å². The molecule has 1 saturated heterocycles. The van der Waals surface area contributed by atoms with Crippen molar-refractivity contribution in [3.63, 3.8) is 0 Å². The summed E-state index contributed by atoms with van der Waals surface area (Å²) in [6.45, 7) is 11.1. The summed E-state index contributed by atoms with van der Waals surface area (Å²) in [6, 6.07) is 0.502. The molecule has 0 N–H and O–H groups in total. The molecule has 3 atom stereocenters. The SMILES string of the molecule is C=C(/C=C\C=C/C)C(C)N1CC2CCCC2C1. The van der Waals surface area contributed by atoms with Crippen LogP contribution in [0.1, 0.15) is 33.1 Å². The summed E-state index contributed by atoms with van der Waals surface area (Å²) in [7, 11) is 0. The molecule has 1 heteroatoms. The van der Waals surface area contributed by atoms with Gasteiger partial charge in [0.25, 0.3) is 0 Å². The zero-order valence-electron chi connectivity index (χ0n) is 11.2. The molecule has 0 radical (unpaired) electrons. The molecule has 0 aromatic carbocycles. The normalized spacial score (nSPS) is 31.4. The highest BCUT2D eigenvalue weighted by atomic mass is 15.2. The summed E-state index contributed by atoms with van der Waals surface area (Å²) in [5, 5.41) is 0. The molecule has 0 aromatic heterocycles. The number of fused-ring (bicyclic) bond motifs is 1. The highest BCUT2D eigenvalue weighted by Gasteiger charge is 2.37. The van der Waals surface area contributed by atoms with Gasteiger partial charge in [-0.15, -0.1) is 0 Å². The molecule has 0 bridgehead atoms. The van der Waals surface area contributed by atoms with E-state index in [0.29, 0.717) is 6.04 Å². The van der Waals surface area contributed by atoms with Crippen molar-refractivity contribution in [2.24, 2.45) is 11.8 Å². The van der Waals surface area contributed by atoms with E-state index >= 15 is 0 Å². The van der Waals surface area contributed by atoms with Crippen LogP contribution >= 0.6 is 0 Å². The van der Waals surface area contributed by atoms with Gasteiger partial charge in [0.15, 0.2) is 0 Å². The lowest BCUT2D eigenvalue weighted by molar-refractivity contribution is 0.269. The Labute approximate surface area is 106 Å². The molecule has 1 heterocycles. The fraction of sp³-hybridized carbons (Fsp3) is 0.625. The third-order valence-electron chi connectivity index (χ3n) is 4.45. The van der Waals surface area contributed by atoms with E-state index in [2.05, 4.69) is 42.7 Å². The Balaban J connectivity index is 1.88. The minimum atomic E-state index is 0.502. The van der Waals surface area contributed by atoms with Crippen LogP contribution in [-0.4, -0.2) is 24.0 Å². The maximum absolute atomic E-state index is 4.20. The van der Waals surface area contributed by atoms with Crippen LogP contribution in [0.4, 0.5) is 0 Å². The van der Waals surface area contributed by atoms with Gasteiger partial charge in [0.05, 0.1) is 0 Å². The molecule has 0 amide bonds. The van der Waals surface area contributed by atoms with Crippen molar-refractivity contribution in [3.05, 3.63) is 36.5 Å². The van der Waals surface area contributed by atoms with Gasteiger partial charge < -0.3 is 0 Å². The second-order valence-corrected chi connectivity index (χ2v) is 5.54. The van der Waals surface area contributed by atoms with Crippen molar-refractivity contribution in [2.75, 3.05) is 13.1 Å². The Hall–Kier alpha value is -0.820. The molecular formula is C16H25N. The van der Waals surface area contributed by atoms with Crippen LogP contribution in [0.2, 0.25) is 0 Å². The summed E-state index contributed by atoms with van der Waals surface area (Å²) < 4.78 is 0. The fourth-order valence-corrected chi connectivity index (χ4v) is 3.25. The van der Waals surface area contributed by atoms with Gasteiger partial charge in [0.2, 0.25) is 0 Å². The molecule has 2 rings (SSSR count). The number of hydrogen-bond donors (Lipinski definition) is 0. The van der Waals surface area contributed by atoms with Crippen LogP contribution in [0.25, 0.3) is 0 Å². The summed E-state index contributed by atoms with van der Waals surface area (Å²) in [4.78, 5) is 2.62. The molecule has 1 aliphatic heterocycles. The first-order valence-corrected chi connectivity index (χ1v) is 6.94. The van der Waals surface area contributed by atoms with E-state index in [1.165, 1.54) is 37.9 Å². The minimum Gasteiger partial charge on any atom is -0.296 e. The van der Waals surface area contributed by atoms with Gasteiger partial charge in [0.1, 0.15) is 0 Å². The Morgan fingerprint density at radius 1 is 1.24 bits per heavy atom. The second-order valence-electron chi connectivity index (χ2n) is 5.54. The molecule has 94 valence electrons. The standard InChI is InChI=1S/C16H25N/c1-4-5-6-8-13(2)14(3)17-11-15-9-7-10-16(15)12-17/h4-6,8,14-16H,2,7,9-12H2,1,3H3/b5-4-,8-6-. The molecule has 0 spiro atoms. The van der Waals surface area contributed by atoms with Gasteiger partial charge in [-0.1, -0.05) is 37.3 Å². The van der Waals surface area contributed by atoms with E-state index in [1.54, 1.807) is 0 Å². The lowest BCUT2D eigenvalue weighted by atomic mass is 10.0. The van der Waals surface area contributed by atoms with Gasteiger partial charge in [-0.25, -0.2) is 0 Å². The van der Waals surface area contributed by atoms with E-state index in [0.717, 1.165) is 11.8 Å². The number of nitrogens with zero attached hydrogens (tertiary/aromatic N) is 1. The van der Waals surface area contributed by atoms with Crippen LogP contribution in [0, 0.1) is 11.8 Å². The number of likely N-dealkylation sites (tertiary alicyclic amines) is 1. The summed E-state index contributed by atoms with van der Waals surface area (Å²) >= 11 is 0. The van der Waals surface area contributed by atoms with Crippen molar-refractivity contribution in [3.8, 4) is 0 Å². The van der Waals surface area contributed by atoms with Crippen LogP contribution in [0.15, 0.2) is 36.5 Å². The number of hydrogen-bond acceptors (Lipinski definition) is 1. The molecule has 3 unspecified atom stereocenters. The fourth-order valence-electron chi connectivity index (χ4n) is 3.25. The molecule has 17 heavy (non-hydrogen) atoms. The van der Waals surface area contributed by atoms with Crippen molar-refractivity contribution in [2.45, 2.75) is 39.2 Å². The first-order chi connectivity index (χ1) is 8.22. The molecule has 1 nitrogen and oxygen atoms in total.